The summed E-state index contributed by atoms with van der Waals surface area (Å²) < 4.78 is 11.4. The molecule has 3 saturated carbocycles. The fraction of sp³-hybridized carbons (Fsp3) is 0.943. The zero-order chi connectivity index (χ0) is 29.7. The van der Waals surface area contributed by atoms with E-state index in [1.807, 2.05) is 0 Å². The fourth-order valence-electron chi connectivity index (χ4n) is 10.9. The number of fused-ring (bicyclic) bond motifs is 5. The van der Waals surface area contributed by atoms with E-state index in [1.165, 1.54) is 56.9 Å². The average Bonchev–Trinajstić information content (AvgIpc) is 3.30. The minimum atomic E-state index is -1.47. The quantitative estimate of drug-likeness (QED) is 0.257. The Morgan fingerprint density at radius 3 is 2.41 bits per heavy atom. The van der Waals surface area contributed by atoms with Gasteiger partial charge in [-0.15, -0.1) is 0 Å². The van der Waals surface area contributed by atoms with Crippen molar-refractivity contribution in [2.24, 2.45) is 52.3 Å². The largest absolute Gasteiger partial charge is 0.394 e. The van der Waals surface area contributed by atoms with E-state index >= 15 is 0 Å². The highest BCUT2D eigenvalue weighted by Crippen LogP contribution is 2.67. The van der Waals surface area contributed by atoms with Crippen LogP contribution < -0.4 is 0 Å². The molecule has 4 fully saturated rings. The molecule has 0 aromatic heterocycles. The van der Waals surface area contributed by atoms with Crippen molar-refractivity contribution in [1.29, 1.82) is 0 Å². The molecule has 5 aliphatic rings. The summed E-state index contributed by atoms with van der Waals surface area (Å²) in [5.74, 6) is 5.64. The lowest BCUT2D eigenvalue weighted by Crippen LogP contribution is -2.60. The first kappa shape index (κ1) is 31.9. The van der Waals surface area contributed by atoms with Crippen molar-refractivity contribution < 1.29 is 29.9 Å². The number of aliphatic hydroxyl groups excluding tert-OH is 4. The number of hydrogen-bond acceptors (Lipinski definition) is 6. The first-order valence-corrected chi connectivity index (χ1v) is 17.1. The van der Waals surface area contributed by atoms with Gasteiger partial charge in [-0.2, -0.15) is 0 Å². The van der Waals surface area contributed by atoms with Crippen LogP contribution in [0.4, 0.5) is 0 Å². The molecule has 0 unspecified atom stereocenters. The van der Waals surface area contributed by atoms with Crippen LogP contribution in [0.15, 0.2) is 11.6 Å². The lowest BCUT2D eigenvalue weighted by Gasteiger charge is -2.58. The predicted molar refractivity (Wildman–Crippen MR) is 161 cm³/mol. The van der Waals surface area contributed by atoms with Gasteiger partial charge in [0.1, 0.15) is 24.4 Å². The molecule has 0 amide bonds. The summed E-state index contributed by atoms with van der Waals surface area (Å²) in [7, 11) is 0. The van der Waals surface area contributed by atoms with Crippen LogP contribution in [0.2, 0.25) is 0 Å². The number of rotatable bonds is 9. The topological polar surface area (TPSA) is 99.4 Å². The van der Waals surface area contributed by atoms with E-state index in [0.717, 1.165) is 60.7 Å². The van der Waals surface area contributed by atoms with Crippen molar-refractivity contribution in [3.8, 4) is 0 Å². The van der Waals surface area contributed by atoms with Crippen LogP contribution in [-0.4, -0.2) is 63.8 Å². The van der Waals surface area contributed by atoms with Gasteiger partial charge in [0.2, 0.25) is 0 Å². The molecule has 6 nitrogen and oxygen atoms in total. The standard InChI is InChI=1S/C35H60O6/c1-7-22(20(2)3)9-8-21(4)26-12-13-27-25-11-10-23-18-24(14-16-34(23,5)28(25)15-17-35(26,27)6)40-32-30(37)29(19-36)41-33(39)31(32)38/h10,20-22,24-33,36-39H,7-9,11-19H2,1-6H3/t21-,22-,24-,25+,26-,27+,28+,29-,30-,31-,32+,33-,34+,35-/m1/s1. The third-order valence-electron chi connectivity index (χ3n) is 13.5. The smallest absolute Gasteiger partial charge is 0.184 e. The summed E-state index contributed by atoms with van der Waals surface area (Å²) >= 11 is 0. The Bertz CT molecular complexity index is 920. The molecule has 6 heteroatoms. The molecule has 1 heterocycles. The Morgan fingerprint density at radius 1 is 0.976 bits per heavy atom. The molecule has 5 rings (SSSR count). The van der Waals surface area contributed by atoms with Crippen LogP contribution in [0.25, 0.3) is 0 Å². The lowest BCUT2D eigenvalue weighted by atomic mass is 9.47. The molecular formula is C35H60O6. The molecule has 0 aromatic carbocycles. The van der Waals surface area contributed by atoms with E-state index in [9.17, 15) is 20.4 Å². The van der Waals surface area contributed by atoms with Gasteiger partial charge < -0.3 is 29.9 Å². The van der Waals surface area contributed by atoms with Gasteiger partial charge in [-0.1, -0.05) is 66.0 Å². The monoisotopic (exact) mass is 576 g/mol. The van der Waals surface area contributed by atoms with Gasteiger partial charge in [-0.3, -0.25) is 0 Å². The molecule has 1 aliphatic heterocycles. The summed E-state index contributed by atoms with van der Waals surface area (Å²) in [6.45, 7) is 14.4. The van der Waals surface area contributed by atoms with Crippen LogP contribution in [-0.2, 0) is 9.47 Å². The Labute approximate surface area is 249 Å². The second-order valence-electron chi connectivity index (χ2n) is 15.6. The Kier molecular flexibility index (Phi) is 9.71. The number of ether oxygens (including phenoxy) is 2. The molecule has 4 N–H and O–H groups in total. The van der Waals surface area contributed by atoms with Crippen LogP contribution >= 0.6 is 0 Å². The first-order chi connectivity index (χ1) is 19.4. The third-order valence-corrected chi connectivity index (χ3v) is 13.5. The summed E-state index contributed by atoms with van der Waals surface area (Å²) in [5, 5.41) is 40.8. The highest BCUT2D eigenvalue weighted by atomic mass is 16.6. The summed E-state index contributed by atoms with van der Waals surface area (Å²) in [4.78, 5) is 0. The van der Waals surface area contributed by atoms with Crippen LogP contribution in [0.1, 0.15) is 112 Å². The van der Waals surface area contributed by atoms with Crippen LogP contribution in [0.3, 0.4) is 0 Å². The SMILES string of the molecule is CC[C@H](CC[C@@H](C)[C@H]1CC[C@H]2[C@@H]3CC=C4C[C@H](O[C@@H]5[C@@H](O)[C@H](O)O[C@H](CO)[C@H]5O)CC[C@]4(C)[C@H]3CC[C@]12C)C(C)C. The molecule has 4 aliphatic carbocycles. The van der Waals surface area contributed by atoms with E-state index in [1.54, 1.807) is 0 Å². The van der Waals surface area contributed by atoms with Gasteiger partial charge in [0, 0.05) is 0 Å². The maximum Gasteiger partial charge on any atom is 0.184 e. The zero-order valence-corrected chi connectivity index (χ0v) is 26.7. The molecule has 0 radical (unpaired) electrons. The predicted octanol–water partition coefficient (Wildman–Crippen LogP) is 5.85. The van der Waals surface area contributed by atoms with Gasteiger partial charge in [-0.25, -0.2) is 0 Å². The molecular weight excluding hydrogens is 516 g/mol. The summed E-state index contributed by atoms with van der Waals surface area (Å²) in [6.07, 6.45) is 9.98. The van der Waals surface area contributed by atoms with Crippen LogP contribution in [0.5, 0.6) is 0 Å². The van der Waals surface area contributed by atoms with Crippen LogP contribution in [0, 0.1) is 52.3 Å². The van der Waals surface area contributed by atoms with Crippen molar-refractivity contribution in [1.82, 2.24) is 0 Å². The Balaban J connectivity index is 1.25. The highest BCUT2D eigenvalue weighted by molar-refractivity contribution is 5.25. The van der Waals surface area contributed by atoms with Gasteiger partial charge in [0.25, 0.3) is 0 Å². The normalized spacial score (nSPS) is 47.7. The second kappa shape index (κ2) is 12.5. The average molecular weight is 577 g/mol. The molecule has 1 saturated heterocycles. The minimum Gasteiger partial charge on any atom is -0.394 e. The molecule has 236 valence electrons. The number of allylic oxidation sites excluding steroid dienone is 1. The molecule has 0 aromatic rings. The van der Waals surface area contributed by atoms with E-state index in [-0.39, 0.29) is 11.5 Å². The van der Waals surface area contributed by atoms with Crippen molar-refractivity contribution in [2.75, 3.05) is 6.61 Å². The van der Waals surface area contributed by atoms with Gasteiger partial charge in [-0.05, 0) is 110 Å². The fourth-order valence-corrected chi connectivity index (χ4v) is 10.9. The second-order valence-corrected chi connectivity index (χ2v) is 15.6. The Morgan fingerprint density at radius 2 is 1.73 bits per heavy atom. The highest BCUT2D eigenvalue weighted by Gasteiger charge is 2.59. The number of hydrogen-bond donors (Lipinski definition) is 4. The van der Waals surface area contributed by atoms with Gasteiger partial charge in [0.05, 0.1) is 12.7 Å². The lowest BCUT2D eigenvalue weighted by molar-refractivity contribution is -0.301. The Hall–Kier alpha value is -0.500. The maximum atomic E-state index is 10.7. The van der Waals surface area contributed by atoms with Gasteiger partial charge in [0.15, 0.2) is 6.29 Å². The molecule has 0 spiro atoms. The molecule has 0 bridgehead atoms. The van der Waals surface area contributed by atoms with E-state index in [2.05, 4.69) is 47.6 Å². The molecule has 14 atom stereocenters. The van der Waals surface area contributed by atoms with Crippen molar-refractivity contribution in [3.05, 3.63) is 11.6 Å². The van der Waals surface area contributed by atoms with Crippen molar-refractivity contribution in [3.63, 3.8) is 0 Å². The minimum absolute atomic E-state index is 0.117. The van der Waals surface area contributed by atoms with Crippen molar-refractivity contribution >= 4 is 0 Å². The zero-order valence-electron chi connectivity index (χ0n) is 26.7. The number of aliphatic hydroxyl groups is 4. The van der Waals surface area contributed by atoms with Crippen molar-refractivity contribution in [2.45, 2.75) is 149 Å². The summed E-state index contributed by atoms with van der Waals surface area (Å²) in [5.41, 5.74) is 2.16. The maximum absolute atomic E-state index is 10.7. The van der Waals surface area contributed by atoms with Gasteiger partial charge >= 0.3 is 0 Å². The first-order valence-electron chi connectivity index (χ1n) is 17.1. The third kappa shape index (κ3) is 5.73. The van der Waals surface area contributed by atoms with E-state index < -0.39 is 37.3 Å². The molecule has 41 heavy (non-hydrogen) atoms. The van der Waals surface area contributed by atoms with E-state index in [0.29, 0.717) is 5.41 Å². The van der Waals surface area contributed by atoms with E-state index in [4.69, 9.17) is 9.47 Å². The summed E-state index contributed by atoms with van der Waals surface area (Å²) in [6, 6.07) is 0.